The third kappa shape index (κ3) is 6.13. The number of ether oxygens (including phenoxy) is 1. The van der Waals surface area contributed by atoms with Crippen LogP contribution in [0, 0.1) is 18.7 Å². The molecule has 36 heavy (non-hydrogen) atoms. The second-order valence-electron chi connectivity index (χ2n) is 9.49. The summed E-state index contributed by atoms with van der Waals surface area (Å²) in [6.07, 6.45) is 1.68. The number of nitrogens with zero attached hydrogens (tertiary/aromatic N) is 2. The zero-order valence-electron chi connectivity index (χ0n) is 21.1. The molecule has 5 nitrogen and oxygen atoms in total. The number of thiophene rings is 1. The first-order chi connectivity index (χ1) is 17.4. The normalized spacial score (nSPS) is 15.8. The molecule has 2 amide bonds. The lowest BCUT2D eigenvalue weighted by molar-refractivity contribution is -0.135. The average molecular weight is 509 g/mol. The largest absolute Gasteiger partial charge is 0.491 e. The Morgan fingerprint density at radius 1 is 1.19 bits per heavy atom. The number of halogens is 1. The van der Waals surface area contributed by atoms with E-state index in [1.807, 2.05) is 47.5 Å². The fraction of sp³-hybridized carbons (Fsp3) is 0.379. The SMILES string of the molecule is CC[C@H](C)CN(CC(=O)N1CCc2sccc2[C@H]1COc1cccc(F)c1)C(=O)c1ccc(C)cc1. The van der Waals surface area contributed by atoms with E-state index in [1.165, 1.54) is 17.0 Å². The number of benzene rings is 2. The molecule has 2 atom stereocenters. The van der Waals surface area contributed by atoms with Gasteiger partial charge in [0, 0.05) is 29.6 Å². The minimum absolute atomic E-state index is 0.00693. The predicted octanol–water partition coefficient (Wildman–Crippen LogP) is 5.89. The Kier molecular flexibility index (Phi) is 8.41. The summed E-state index contributed by atoms with van der Waals surface area (Å²) in [6, 6.07) is 15.2. The summed E-state index contributed by atoms with van der Waals surface area (Å²) in [4.78, 5) is 31.8. The Balaban J connectivity index is 1.54. The van der Waals surface area contributed by atoms with Gasteiger partial charge in [-0.25, -0.2) is 4.39 Å². The van der Waals surface area contributed by atoms with Gasteiger partial charge in [-0.05, 0) is 60.5 Å². The number of carbonyl (C=O) groups is 2. The molecule has 2 aromatic carbocycles. The number of amides is 2. The predicted molar refractivity (Wildman–Crippen MR) is 141 cm³/mol. The quantitative estimate of drug-likeness (QED) is 0.362. The van der Waals surface area contributed by atoms with Crippen molar-refractivity contribution in [2.45, 2.75) is 39.7 Å². The van der Waals surface area contributed by atoms with Crippen LogP contribution in [0.3, 0.4) is 0 Å². The minimum atomic E-state index is -0.365. The zero-order chi connectivity index (χ0) is 25.7. The average Bonchev–Trinajstić information content (AvgIpc) is 3.36. The molecule has 3 aromatic rings. The summed E-state index contributed by atoms with van der Waals surface area (Å²) < 4.78 is 19.6. The first-order valence-corrected chi connectivity index (χ1v) is 13.3. The van der Waals surface area contributed by atoms with E-state index in [9.17, 15) is 14.0 Å². The molecule has 1 aromatic heterocycles. The van der Waals surface area contributed by atoms with Crippen molar-refractivity contribution < 1.29 is 18.7 Å². The van der Waals surface area contributed by atoms with Crippen LogP contribution in [0.5, 0.6) is 5.75 Å². The Bertz CT molecular complexity index is 1190. The topological polar surface area (TPSA) is 49.9 Å². The summed E-state index contributed by atoms with van der Waals surface area (Å²) >= 11 is 1.68. The van der Waals surface area contributed by atoms with Crippen LogP contribution < -0.4 is 4.74 Å². The molecule has 0 radical (unpaired) electrons. The molecular formula is C29H33FN2O3S. The summed E-state index contributed by atoms with van der Waals surface area (Å²) in [5.41, 5.74) is 2.73. The maximum Gasteiger partial charge on any atom is 0.254 e. The van der Waals surface area contributed by atoms with Gasteiger partial charge in [-0.3, -0.25) is 9.59 Å². The van der Waals surface area contributed by atoms with Crippen molar-refractivity contribution >= 4 is 23.2 Å². The number of rotatable bonds is 9. The van der Waals surface area contributed by atoms with Crippen LogP contribution in [0.15, 0.2) is 60.0 Å². The van der Waals surface area contributed by atoms with E-state index >= 15 is 0 Å². The highest BCUT2D eigenvalue weighted by molar-refractivity contribution is 7.10. The van der Waals surface area contributed by atoms with Crippen LogP contribution in [-0.2, 0) is 11.2 Å². The van der Waals surface area contributed by atoms with Crippen LogP contribution in [0.25, 0.3) is 0 Å². The molecule has 0 spiro atoms. The highest BCUT2D eigenvalue weighted by atomic mass is 32.1. The summed E-state index contributed by atoms with van der Waals surface area (Å²) in [6.45, 7) is 7.45. The molecule has 1 aliphatic rings. The summed E-state index contributed by atoms with van der Waals surface area (Å²) in [7, 11) is 0. The van der Waals surface area contributed by atoms with E-state index < -0.39 is 0 Å². The third-order valence-corrected chi connectivity index (χ3v) is 7.76. The van der Waals surface area contributed by atoms with Crippen LogP contribution >= 0.6 is 11.3 Å². The van der Waals surface area contributed by atoms with Crippen molar-refractivity contribution in [2.75, 3.05) is 26.2 Å². The first-order valence-electron chi connectivity index (χ1n) is 12.5. The molecule has 2 heterocycles. The van der Waals surface area contributed by atoms with Crippen molar-refractivity contribution in [3.8, 4) is 5.75 Å². The molecule has 0 unspecified atom stereocenters. The third-order valence-electron chi connectivity index (χ3n) is 6.76. The highest BCUT2D eigenvalue weighted by Gasteiger charge is 2.34. The fourth-order valence-electron chi connectivity index (χ4n) is 4.46. The second-order valence-corrected chi connectivity index (χ2v) is 10.5. The standard InChI is InChI=1S/C29H33FN2O3S/c1-4-20(2)17-31(29(34)22-10-8-21(3)9-11-22)18-28(33)32-14-12-27-25(13-15-36-27)26(32)19-35-24-7-5-6-23(30)16-24/h5-11,13,15-16,20,26H,4,12,14,17-19H2,1-3H3/t20-,26+/m0/s1. The number of carbonyl (C=O) groups excluding carboxylic acids is 2. The van der Waals surface area contributed by atoms with Gasteiger partial charge in [0.25, 0.3) is 5.91 Å². The van der Waals surface area contributed by atoms with Gasteiger partial charge in [0.15, 0.2) is 0 Å². The van der Waals surface area contributed by atoms with Crippen molar-refractivity contribution in [3.05, 3.63) is 87.4 Å². The molecule has 1 aliphatic heterocycles. The lowest BCUT2D eigenvalue weighted by Crippen LogP contribution is -2.48. The molecule has 0 saturated carbocycles. The smallest absolute Gasteiger partial charge is 0.254 e. The zero-order valence-corrected chi connectivity index (χ0v) is 21.9. The van der Waals surface area contributed by atoms with Gasteiger partial charge in [-0.2, -0.15) is 0 Å². The maximum atomic E-state index is 13.7. The summed E-state index contributed by atoms with van der Waals surface area (Å²) in [5, 5.41) is 2.03. The van der Waals surface area contributed by atoms with Crippen molar-refractivity contribution in [2.24, 2.45) is 5.92 Å². The molecule has 0 bridgehead atoms. The molecule has 190 valence electrons. The van der Waals surface area contributed by atoms with E-state index in [0.717, 1.165) is 24.0 Å². The van der Waals surface area contributed by atoms with Crippen LogP contribution in [0.2, 0.25) is 0 Å². The number of hydrogen-bond donors (Lipinski definition) is 0. The van der Waals surface area contributed by atoms with E-state index in [2.05, 4.69) is 13.8 Å². The Labute approximate surface area is 216 Å². The lowest BCUT2D eigenvalue weighted by atomic mass is 10.00. The van der Waals surface area contributed by atoms with Gasteiger partial charge in [0.05, 0.1) is 6.04 Å². The van der Waals surface area contributed by atoms with Crippen LogP contribution in [0.1, 0.15) is 52.7 Å². The van der Waals surface area contributed by atoms with Gasteiger partial charge < -0.3 is 14.5 Å². The first kappa shape index (κ1) is 25.9. The van der Waals surface area contributed by atoms with Gasteiger partial charge in [0.2, 0.25) is 5.91 Å². The van der Waals surface area contributed by atoms with E-state index in [4.69, 9.17) is 4.74 Å². The van der Waals surface area contributed by atoms with E-state index in [0.29, 0.717) is 24.4 Å². The molecular weight excluding hydrogens is 475 g/mol. The Morgan fingerprint density at radius 2 is 1.97 bits per heavy atom. The highest BCUT2D eigenvalue weighted by Crippen LogP contribution is 2.34. The number of aryl methyl sites for hydroxylation is 1. The van der Waals surface area contributed by atoms with E-state index in [-0.39, 0.29) is 42.7 Å². The lowest BCUT2D eigenvalue weighted by Gasteiger charge is -2.37. The van der Waals surface area contributed by atoms with Gasteiger partial charge in [0.1, 0.15) is 24.7 Å². The van der Waals surface area contributed by atoms with Crippen LogP contribution in [0.4, 0.5) is 4.39 Å². The van der Waals surface area contributed by atoms with Gasteiger partial charge in [-0.15, -0.1) is 11.3 Å². The van der Waals surface area contributed by atoms with Gasteiger partial charge in [-0.1, -0.05) is 44.0 Å². The van der Waals surface area contributed by atoms with Crippen molar-refractivity contribution in [1.82, 2.24) is 9.80 Å². The number of fused-ring (bicyclic) bond motifs is 1. The number of hydrogen-bond acceptors (Lipinski definition) is 4. The summed E-state index contributed by atoms with van der Waals surface area (Å²) in [5.74, 6) is 0.0883. The monoisotopic (exact) mass is 508 g/mol. The Morgan fingerprint density at radius 3 is 2.69 bits per heavy atom. The molecule has 0 fully saturated rings. The van der Waals surface area contributed by atoms with Crippen molar-refractivity contribution in [1.29, 1.82) is 0 Å². The minimum Gasteiger partial charge on any atom is -0.491 e. The molecule has 4 rings (SSSR count). The van der Waals surface area contributed by atoms with Crippen molar-refractivity contribution in [3.63, 3.8) is 0 Å². The van der Waals surface area contributed by atoms with E-state index in [1.54, 1.807) is 28.4 Å². The van der Waals surface area contributed by atoms with Crippen LogP contribution in [-0.4, -0.2) is 47.9 Å². The molecule has 0 aliphatic carbocycles. The molecule has 0 saturated heterocycles. The molecule has 0 N–H and O–H groups in total. The fourth-order valence-corrected chi connectivity index (χ4v) is 5.39. The maximum absolute atomic E-state index is 13.7. The van der Waals surface area contributed by atoms with Gasteiger partial charge >= 0.3 is 0 Å². The Hall–Kier alpha value is -3.19. The molecule has 7 heteroatoms. The second kappa shape index (κ2) is 11.7.